The third-order valence-electron chi connectivity index (χ3n) is 3.43. The number of amides is 2. The SMILES string of the molecule is Cc1onc(-c2ccc(C(F)(F)F)cc2)c1C(=O)NCC(=O)NC(C)C. The van der Waals surface area contributed by atoms with Gasteiger partial charge >= 0.3 is 6.18 Å². The van der Waals surface area contributed by atoms with E-state index in [1.54, 1.807) is 13.8 Å². The van der Waals surface area contributed by atoms with E-state index in [-0.39, 0.29) is 35.5 Å². The summed E-state index contributed by atoms with van der Waals surface area (Å²) in [6, 6.07) is 4.15. The summed E-state index contributed by atoms with van der Waals surface area (Å²) in [6.45, 7) is 4.83. The number of alkyl halides is 3. The lowest BCUT2D eigenvalue weighted by Crippen LogP contribution is -2.40. The Kier molecular flexibility index (Phi) is 5.69. The maximum atomic E-state index is 12.7. The summed E-state index contributed by atoms with van der Waals surface area (Å²) in [5.74, 6) is -0.766. The Hall–Kier alpha value is -2.84. The second-order valence-corrected chi connectivity index (χ2v) is 5.94. The number of nitrogens with zero attached hydrogens (tertiary/aromatic N) is 1. The van der Waals surface area contributed by atoms with Crippen molar-refractivity contribution in [2.45, 2.75) is 33.0 Å². The highest BCUT2D eigenvalue weighted by Gasteiger charge is 2.30. The molecule has 0 spiro atoms. The van der Waals surface area contributed by atoms with Gasteiger partial charge < -0.3 is 15.2 Å². The molecule has 9 heteroatoms. The second kappa shape index (κ2) is 7.59. The van der Waals surface area contributed by atoms with Gasteiger partial charge in [-0.2, -0.15) is 13.2 Å². The first-order chi connectivity index (χ1) is 12.1. The first kappa shape index (κ1) is 19.5. The summed E-state index contributed by atoms with van der Waals surface area (Å²) in [5.41, 5.74) is -0.329. The van der Waals surface area contributed by atoms with Crippen molar-refractivity contribution in [2.75, 3.05) is 6.54 Å². The summed E-state index contributed by atoms with van der Waals surface area (Å²) in [7, 11) is 0. The zero-order valence-electron chi connectivity index (χ0n) is 14.4. The number of carbonyl (C=O) groups excluding carboxylic acids is 2. The van der Waals surface area contributed by atoms with Crippen LogP contribution in [0.4, 0.5) is 13.2 Å². The molecule has 6 nitrogen and oxygen atoms in total. The van der Waals surface area contributed by atoms with E-state index in [0.717, 1.165) is 12.1 Å². The van der Waals surface area contributed by atoms with Gasteiger partial charge in [-0.25, -0.2) is 0 Å². The maximum absolute atomic E-state index is 12.7. The topological polar surface area (TPSA) is 84.2 Å². The average Bonchev–Trinajstić information content (AvgIpc) is 2.93. The average molecular weight is 369 g/mol. The van der Waals surface area contributed by atoms with E-state index < -0.39 is 17.6 Å². The normalized spacial score (nSPS) is 11.5. The van der Waals surface area contributed by atoms with Crippen LogP contribution in [0, 0.1) is 6.92 Å². The van der Waals surface area contributed by atoms with Gasteiger partial charge in [0.2, 0.25) is 5.91 Å². The van der Waals surface area contributed by atoms with Crippen LogP contribution in [-0.4, -0.2) is 29.6 Å². The molecule has 0 radical (unpaired) electrons. The van der Waals surface area contributed by atoms with Crippen molar-refractivity contribution in [2.24, 2.45) is 0 Å². The molecule has 1 aromatic heterocycles. The summed E-state index contributed by atoms with van der Waals surface area (Å²) in [6.07, 6.45) is -4.46. The number of benzene rings is 1. The molecule has 0 aliphatic carbocycles. The monoisotopic (exact) mass is 369 g/mol. The van der Waals surface area contributed by atoms with Crippen LogP contribution in [0.2, 0.25) is 0 Å². The first-order valence-electron chi connectivity index (χ1n) is 7.81. The minimum Gasteiger partial charge on any atom is -0.360 e. The molecule has 0 aliphatic heterocycles. The second-order valence-electron chi connectivity index (χ2n) is 5.94. The molecule has 2 rings (SSSR count). The molecule has 140 valence electrons. The van der Waals surface area contributed by atoms with Crippen LogP contribution in [-0.2, 0) is 11.0 Å². The van der Waals surface area contributed by atoms with Crippen LogP contribution in [0.15, 0.2) is 28.8 Å². The number of hydrogen-bond donors (Lipinski definition) is 2. The number of rotatable bonds is 5. The minimum atomic E-state index is -4.46. The fourth-order valence-corrected chi connectivity index (χ4v) is 2.28. The predicted octanol–water partition coefficient (Wildman–Crippen LogP) is 2.92. The van der Waals surface area contributed by atoms with Crippen LogP contribution in [0.1, 0.15) is 35.5 Å². The lowest BCUT2D eigenvalue weighted by Gasteiger charge is -2.10. The highest BCUT2D eigenvalue weighted by molar-refractivity contribution is 6.02. The number of hydrogen-bond acceptors (Lipinski definition) is 4. The molecule has 0 saturated heterocycles. The van der Waals surface area contributed by atoms with Gasteiger partial charge in [0.25, 0.3) is 5.91 Å². The van der Waals surface area contributed by atoms with Crippen molar-refractivity contribution in [3.05, 3.63) is 41.2 Å². The molecular formula is C17H18F3N3O3. The van der Waals surface area contributed by atoms with Gasteiger partial charge in [0.15, 0.2) is 0 Å². The largest absolute Gasteiger partial charge is 0.416 e. The molecular weight excluding hydrogens is 351 g/mol. The van der Waals surface area contributed by atoms with Crippen molar-refractivity contribution in [3.63, 3.8) is 0 Å². The van der Waals surface area contributed by atoms with E-state index >= 15 is 0 Å². The predicted molar refractivity (Wildman–Crippen MR) is 87.3 cm³/mol. The smallest absolute Gasteiger partial charge is 0.360 e. The van der Waals surface area contributed by atoms with Gasteiger partial charge in [0, 0.05) is 11.6 Å². The summed E-state index contributed by atoms with van der Waals surface area (Å²) >= 11 is 0. The molecule has 2 aromatic rings. The molecule has 2 amide bonds. The molecule has 0 aliphatic rings. The van der Waals surface area contributed by atoms with E-state index in [0.29, 0.717) is 5.56 Å². The molecule has 0 bridgehead atoms. The molecule has 26 heavy (non-hydrogen) atoms. The van der Waals surface area contributed by atoms with E-state index in [2.05, 4.69) is 15.8 Å². The van der Waals surface area contributed by atoms with Gasteiger partial charge in [-0.3, -0.25) is 9.59 Å². The summed E-state index contributed by atoms with van der Waals surface area (Å²) in [4.78, 5) is 24.0. The number of halogens is 3. The zero-order valence-corrected chi connectivity index (χ0v) is 14.4. The lowest BCUT2D eigenvalue weighted by atomic mass is 10.0. The standard InChI is InChI=1S/C17H18F3N3O3/c1-9(2)22-13(24)8-21-16(25)14-10(3)26-23-15(14)11-4-6-12(7-5-11)17(18,19)20/h4-7,9H,8H2,1-3H3,(H,21,25)(H,22,24). The maximum Gasteiger partial charge on any atom is 0.416 e. The Bertz CT molecular complexity index is 796. The molecule has 0 atom stereocenters. The molecule has 1 heterocycles. The van der Waals surface area contributed by atoms with E-state index in [9.17, 15) is 22.8 Å². The Balaban J connectivity index is 2.20. The van der Waals surface area contributed by atoms with Crippen LogP contribution < -0.4 is 10.6 Å². The van der Waals surface area contributed by atoms with Gasteiger partial charge in [0.1, 0.15) is 17.0 Å². The van der Waals surface area contributed by atoms with E-state index in [4.69, 9.17) is 4.52 Å². The van der Waals surface area contributed by atoms with E-state index in [1.807, 2.05) is 0 Å². The lowest BCUT2D eigenvalue weighted by molar-refractivity contribution is -0.137. The molecule has 0 saturated carbocycles. The van der Waals surface area contributed by atoms with Gasteiger partial charge in [-0.15, -0.1) is 0 Å². The van der Waals surface area contributed by atoms with Crippen LogP contribution in [0.5, 0.6) is 0 Å². The van der Waals surface area contributed by atoms with Gasteiger partial charge in [0.05, 0.1) is 12.1 Å². The number of carbonyl (C=O) groups is 2. The van der Waals surface area contributed by atoms with Gasteiger partial charge in [-0.05, 0) is 32.9 Å². The van der Waals surface area contributed by atoms with Crippen LogP contribution >= 0.6 is 0 Å². The van der Waals surface area contributed by atoms with Crippen molar-refractivity contribution in [3.8, 4) is 11.3 Å². The first-order valence-corrected chi connectivity index (χ1v) is 7.81. The van der Waals surface area contributed by atoms with Crippen molar-refractivity contribution >= 4 is 11.8 Å². The molecule has 0 fully saturated rings. The van der Waals surface area contributed by atoms with Crippen molar-refractivity contribution in [1.82, 2.24) is 15.8 Å². The summed E-state index contributed by atoms with van der Waals surface area (Å²) in [5, 5.41) is 8.83. The quantitative estimate of drug-likeness (QED) is 0.849. The zero-order chi connectivity index (χ0) is 19.5. The van der Waals surface area contributed by atoms with Crippen LogP contribution in [0.25, 0.3) is 11.3 Å². The van der Waals surface area contributed by atoms with Crippen molar-refractivity contribution in [1.29, 1.82) is 0 Å². The number of aryl methyl sites for hydroxylation is 1. The van der Waals surface area contributed by atoms with Crippen LogP contribution in [0.3, 0.4) is 0 Å². The van der Waals surface area contributed by atoms with Gasteiger partial charge in [-0.1, -0.05) is 17.3 Å². The Labute approximate surface area is 147 Å². The Morgan fingerprint density at radius 3 is 2.35 bits per heavy atom. The number of aromatic nitrogens is 1. The highest BCUT2D eigenvalue weighted by atomic mass is 19.4. The Morgan fingerprint density at radius 1 is 1.19 bits per heavy atom. The molecule has 0 unspecified atom stereocenters. The number of nitrogens with one attached hydrogen (secondary N) is 2. The fourth-order valence-electron chi connectivity index (χ4n) is 2.28. The van der Waals surface area contributed by atoms with Crippen molar-refractivity contribution < 1.29 is 27.3 Å². The Morgan fingerprint density at radius 2 is 1.81 bits per heavy atom. The molecule has 2 N–H and O–H groups in total. The fraction of sp³-hybridized carbons (Fsp3) is 0.353. The molecule has 1 aromatic carbocycles. The minimum absolute atomic E-state index is 0.0700. The van der Waals surface area contributed by atoms with E-state index in [1.165, 1.54) is 19.1 Å². The third kappa shape index (κ3) is 4.62. The highest BCUT2D eigenvalue weighted by Crippen LogP contribution is 2.32. The summed E-state index contributed by atoms with van der Waals surface area (Å²) < 4.78 is 43.0. The third-order valence-corrected chi connectivity index (χ3v) is 3.43.